The van der Waals surface area contributed by atoms with Crippen LogP contribution in [0.3, 0.4) is 0 Å². The number of carbonyl (C=O) groups excluding carboxylic acids is 1. The lowest BCUT2D eigenvalue weighted by Crippen LogP contribution is -2.55. The summed E-state index contributed by atoms with van der Waals surface area (Å²) >= 11 is 0. The molecule has 2 atom stereocenters. The van der Waals surface area contributed by atoms with Gasteiger partial charge in [0.2, 0.25) is 5.76 Å². The number of hydrogen-bond acceptors (Lipinski definition) is 4. The minimum Gasteiger partial charge on any atom is -0.481 e. The van der Waals surface area contributed by atoms with E-state index in [2.05, 4.69) is 10.3 Å². The molecule has 0 aliphatic heterocycles. The third-order valence-electron chi connectivity index (χ3n) is 4.01. The zero-order chi connectivity index (χ0) is 14.9. The van der Waals surface area contributed by atoms with Gasteiger partial charge in [0.15, 0.2) is 5.89 Å². The molecule has 2 unspecified atom stereocenters. The Morgan fingerprint density at radius 1 is 1.40 bits per heavy atom. The predicted octanol–water partition coefficient (Wildman–Crippen LogP) is 2.05. The Hall–Kier alpha value is -1.85. The van der Waals surface area contributed by atoms with Crippen LogP contribution in [0.4, 0.5) is 0 Å². The summed E-state index contributed by atoms with van der Waals surface area (Å²) in [7, 11) is 0. The molecule has 2 rings (SSSR count). The van der Waals surface area contributed by atoms with E-state index in [0.29, 0.717) is 24.4 Å². The maximum absolute atomic E-state index is 12.3. The van der Waals surface area contributed by atoms with Gasteiger partial charge in [-0.2, -0.15) is 0 Å². The Kier molecular flexibility index (Phi) is 3.83. The van der Waals surface area contributed by atoms with Gasteiger partial charge in [0, 0.05) is 6.92 Å². The highest BCUT2D eigenvalue weighted by Crippen LogP contribution is 2.34. The van der Waals surface area contributed by atoms with Crippen LogP contribution in [0.1, 0.15) is 54.7 Å². The van der Waals surface area contributed by atoms with Crippen LogP contribution in [0.2, 0.25) is 0 Å². The van der Waals surface area contributed by atoms with Crippen molar-refractivity contribution in [2.24, 2.45) is 5.92 Å². The highest BCUT2D eigenvalue weighted by Gasteiger charge is 2.42. The van der Waals surface area contributed by atoms with Crippen molar-refractivity contribution in [3.63, 3.8) is 0 Å². The molecule has 1 aliphatic rings. The number of carboxylic acid groups (broad SMARTS) is 1. The highest BCUT2D eigenvalue weighted by atomic mass is 16.4. The van der Waals surface area contributed by atoms with E-state index in [1.54, 1.807) is 20.8 Å². The Balaban J connectivity index is 2.20. The number of oxazole rings is 1. The van der Waals surface area contributed by atoms with Gasteiger partial charge >= 0.3 is 5.97 Å². The maximum Gasteiger partial charge on any atom is 0.308 e. The van der Waals surface area contributed by atoms with Crippen molar-refractivity contribution >= 4 is 11.9 Å². The average molecular weight is 280 g/mol. The van der Waals surface area contributed by atoms with Crippen LogP contribution in [-0.4, -0.2) is 27.5 Å². The summed E-state index contributed by atoms with van der Waals surface area (Å²) in [6.45, 7) is 5.16. The smallest absolute Gasteiger partial charge is 0.308 e. The van der Waals surface area contributed by atoms with Gasteiger partial charge in [-0.25, -0.2) is 4.98 Å². The Labute approximate surface area is 117 Å². The number of rotatable bonds is 3. The molecule has 20 heavy (non-hydrogen) atoms. The summed E-state index contributed by atoms with van der Waals surface area (Å²) in [5.74, 6) is -1.23. The zero-order valence-corrected chi connectivity index (χ0v) is 12.0. The summed E-state index contributed by atoms with van der Waals surface area (Å²) in [6, 6.07) is 0. The second-order valence-electron chi connectivity index (χ2n) is 5.66. The van der Waals surface area contributed by atoms with E-state index in [1.807, 2.05) is 0 Å². The van der Waals surface area contributed by atoms with Crippen molar-refractivity contribution in [3.8, 4) is 0 Å². The van der Waals surface area contributed by atoms with E-state index in [4.69, 9.17) is 4.42 Å². The molecule has 0 aromatic carbocycles. The van der Waals surface area contributed by atoms with Crippen LogP contribution in [0.15, 0.2) is 4.42 Å². The number of hydrogen-bond donors (Lipinski definition) is 2. The van der Waals surface area contributed by atoms with Crippen molar-refractivity contribution in [2.75, 3.05) is 0 Å². The first-order valence-electron chi connectivity index (χ1n) is 6.83. The fourth-order valence-electron chi connectivity index (χ4n) is 2.94. The van der Waals surface area contributed by atoms with Crippen molar-refractivity contribution in [3.05, 3.63) is 17.3 Å². The topological polar surface area (TPSA) is 92.4 Å². The number of nitrogens with zero attached hydrogens (tertiary/aromatic N) is 1. The van der Waals surface area contributed by atoms with E-state index in [1.165, 1.54) is 0 Å². The average Bonchev–Trinajstić information content (AvgIpc) is 2.68. The summed E-state index contributed by atoms with van der Waals surface area (Å²) in [5.41, 5.74) is -0.222. The molecular weight excluding hydrogens is 260 g/mol. The SMILES string of the molecule is Cc1nc(C)c(C(=O)NC2(C)CCCCC2C(=O)O)o1. The molecule has 1 heterocycles. The van der Waals surface area contributed by atoms with Crippen LogP contribution in [0.25, 0.3) is 0 Å². The molecule has 1 saturated carbocycles. The summed E-state index contributed by atoms with van der Waals surface area (Å²) < 4.78 is 5.29. The molecule has 0 saturated heterocycles. The molecule has 6 nitrogen and oxygen atoms in total. The van der Waals surface area contributed by atoms with Crippen LogP contribution >= 0.6 is 0 Å². The Bertz CT molecular complexity index is 537. The summed E-state index contributed by atoms with van der Waals surface area (Å²) in [5, 5.41) is 12.2. The Morgan fingerprint density at radius 3 is 2.65 bits per heavy atom. The first-order valence-corrected chi connectivity index (χ1v) is 6.83. The third kappa shape index (κ3) is 2.69. The lowest BCUT2D eigenvalue weighted by atomic mass is 9.74. The van der Waals surface area contributed by atoms with E-state index in [9.17, 15) is 14.7 Å². The van der Waals surface area contributed by atoms with Crippen LogP contribution in [0, 0.1) is 19.8 Å². The van der Waals surface area contributed by atoms with Gasteiger partial charge in [-0.3, -0.25) is 9.59 Å². The lowest BCUT2D eigenvalue weighted by molar-refractivity contribution is -0.145. The summed E-state index contributed by atoms with van der Waals surface area (Å²) in [6.07, 6.45) is 3.03. The standard InChI is InChI=1S/C14H20N2O4/c1-8-11(20-9(2)15-8)12(17)16-14(3)7-5-4-6-10(14)13(18)19/h10H,4-7H2,1-3H3,(H,16,17)(H,18,19). The van der Waals surface area contributed by atoms with Gasteiger partial charge in [-0.05, 0) is 26.7 Å². The molecule has 1 aromatic rings. The van der Waals surface area contributed by atoms with Crippen molar-refractivity contribution in [1.82, 2.24) is 10.3 Å². The molecule has 6 heteroatoms. The molecule has 0 spiro atoms. The number of carbonyl (C=O) groups is 2. The molecule has 110 valence electrons. The molecule has 0 bridgehead atoms. The van der Waals surface area contributed by atoms with E-state index in [-0.39, 0.29) is 5.76 Å². The number of amides is 1. The highest BCUT2D eigenvalue weighted by molar-refractivity contribution is 5.93. The van der Waals surface area contributed by atoms with E-state index < -0.39 is 23.3 Å². The van der Waals surface area contributed by atoms with Crippen molar-refractivity contribution in [1.29, 1.82) is 0 Å². The molecule has 1 aliphatic carbocycles. The van der Waals surface area contributed by atoms with Gasteiger partial charge in [0.25, 0.3) is 5.91 Å². The molecule has 1 fully saturated rings. The normalized spacial score (nSPS) is 26.2. The van der Waals surface area contributed by atoms with Gasteiger partial charge in [-0.1, -0.05) is 12.8 Å². The lowest BCUT2D eigenvalue weighted by Gasteiger charge is -2.39. The second kappa shape index (κ2) is 5.26. The van der Waals surface area contributed by atoms with Gasteiger partial charge < -0.3 is 14.8 Å². The predicted molar refractivity (Wildman–Crippen MR) is 71.4 cm³/mol. The third-order valence-corrected chi connectivity index (χ3v) is 4.01. The van der Waals surface area contributed by atoms with E-state index >= 15 is 0 Å². The number of nitrogens with one attached hydrogen (secondary N) is 1. The molecule has 2 N–H and O–H groups in total. The summed E-state index contributed by atoms with van der Waals surface area (Å²) in [4.78, 5) is 27.7. The number of carboxylic acids is 1. The molecule has 1 aromatic heterocycles. The van der Waals surface area contributed by atoms with Crippen molar-refractivity contribution in [2.45, 2.75) is 52.0 Å². The first-order chi connectivity index (χ1) is 9.33. The fraction of sp³-hybridized carbons (Fsp3) is 0.643. The van der Waals surface area contributed by atoms with Gasteiger partial charge in [0.05, 0.1) is 17.2 Å². The van der Waals surface area contributed by atoms with Crippen LogP contribution in [0.5, 0.6) is 0 Å². The quantitative estimate of drug-likeness (QED) is 0.884. The van der Waals surface area contributed by atoms with Gasteiger partial charge in [-0.15, -0.1) is 0 Å². The minimum absolute atomic E-state index is 0.165. The number of aryl methyl sites for hydroxylation is 2. The minimum atomic E-state index is -0.863. The zero-order valence-electron chi connectivity index (χ0n) is 12.0. The molecule has 0 radical (unpaired) electrons. The first kappa shape index (κ1) is 14.6. The van der Waals surface area contributed by atoms with Crippen LogP contribution < -0.4 is 5.32 Å². The van der Waals surface area contributed by atoms with Crippen LogP contribution in [-0.2, 0) is 4.79 Å². The maximum atomic E-state index is 12.3. The Morgan fingerprint density at radius 2 is 2.10 bits per heavy atom. The largest absolute Gasteiger partial charge is 0.481 e. The number of aliphatic carboxylic acids is 1. The monoisotopic (exact) mass is 280 g/mol. The fourth-order valence-corrected chi connectivity index (χ4v) is 2.94. The van der Waals surface area contributed by atoms with Gasteiger partial charge in [0.1, 0.15) is 0 Å². The van der Waals surface area contributed by atoms with E-state index in [0.717, 1.165) is 12.8 Å². The molecule has 1 amide bonds. The number of aromatic nitrogens is 1. The van der Waals surface area contributed by atoms with Crippen molar-refractivity contribution < 1.29 is 19.1 Å². The molecular formula is C14H20N2O4. The second-order valence-corrected chi connectivity index (χ2v) is 5.66.